The summed E-state index contributed by atoms with van der Waals surface area (Å²) >= 11 is 0. The molecule has 16 heavy (non-hydrogen) atoms. The Kier molecular flexibility index (Phi) is 3.05. The molecular formula is C11H13N3O2. The molecule has 2 heterocycles. The van der Waals surface area contributed by atoms with Gasteiger partial charge in [-0.2, -0.15) is 5.10 Å². The third-order valence-corrected chi connectivity index (χ3v) is 2.13. The van der Waals surface area contributed by atoms with Gasteiger partial charge in [-0.3, -0.25) is 9.89 Å². The minimum atomic E-state index is -0.170. The molecule has 2 aromatic heterocycles. The summed E-state index contributed by atoms with van der Waals surface area (Å²) in [5.74, 6) is 0.498. The molecule has 0 saturated carbocycles. The van der Waals surface area contributed by atoms with E-state index in [1.807, 2.05) is 6.92 Å². The highest BCUT2D eigenvalue weighted by Gasteiger charge is 2.11. The van der Waals surface area contributed by atoms with Crippen molar-refractivity contribution >= 4 is 5.91 Å². The number of rotatable bonds is 4. The molecule has 0 spiro atoms. The van der Waals surface area contributed by atoms with Gasteiger partial charge in [0.15, 0.2) is 11.5 Å². The van der Waals surface area contributed by atoms with E-state index in [0.29, 0.717) is 23.7 Å². The van der Waals surface area contributed by atoms with Crippen molar-refractivity contribution in [1.82, 2.24) is 15.5 Å². The number of aromatic amines is 1. The molecule has 1 amide bonds. The molecule has 2 N–H and O–H groups in total. The van der Waals surface area contributed by atoms with Crippen molar-refractivity contribution in [3.8, 4) is 11.5 Å². The van der Waals surface area contributed by atoms with Crippen molar-refractivity contribution in [1.29, 1.82) is 0 Å². The van der Waals surface area contributed by atoms with Gasteiger partial charge in [0.05, 0.1) is 6.26 Å². The number of furan rings is 1. The van der Waals surface area contributed by atoms with E-state index < -0.39 is 0 Å². The Morgan fingerprint density at radius 3 is 3.19 bits per heavy atom. The van der Waals surface area contributed by atoms with E-state index in [0.717, 1.165) is 6.42 Å². The molecule has 0 aliphatic rings. The molecule has 0 aliphatic heterocycles. The Bertz CT molecular complexity index is 459. The lowest BCUT2D eigenvalue weighted by Gasteiger charge is -1.98. The fourth-order valence-electron chi connectivity index (χ4n) is 1.33. The molecule has 2 rings (SSSR count). The molecule has 0 bridgehead atoms. The summed E-state index contributed by atoms with van der Waals surface area (Å²) in [6, 6.07) is 5.26. The normalized spacial score (nSPS) is 10.3. The molecule has 2 aromatic rings. The van der Waals surface area contributed by atoms with E-state index in [1.165, 1.54) is 0 Å². The molecule has 0 atom stereocenters. The number of amides is 1. The zero-order valence-corrected chi connectivity index (χ0v) is 8.99. The first-order valence-corrected chi connectivity index (χ1v) is 5.18. The zero-order chi connectivity index (χ0) is 11.4. The van der Waals surface area contributed by atoms with E-state index >= 15 is 0 Å². The Hall–Kier alpha value is -2.04. The summed E-state index contributed by atoms with van der Waals surface area (Å²) in [6.45, 7) is 2.65. The summed E-state index contributed by atoms with van der Waals surface area (Å²) in [7, 11) is 0. The van der Waals surface area contributed by atoms with Crippen LogP contribution in [-0.4, -0.2) is 22.6 Å². The van der Waals surface area contributed by atoms with E-state index in [9.17, 15) is 4.79 Å². The van der Waals surface area contributed by atoms with Gasteiger partial charge in [-0.15, -0.1) is 0 Å². The smallest absolute Gasteiger partial charge is 0.271 e. The number of hydrogen-bond acceptors (Lipinski definition) is 3. The highest BCUT2D eigenvalue weighted by molar-refractivity contribution is 5.93. The van der Waals surface area contributed by atoms with Gasteiger partial charge in [0.25, 0.3) is 5.91 Å². The highest BCUT2D eigenvalue weighted by Crippen LogP contribution is 2.17. The maximum atomic E-state index is 11.6. The lowest BCUT2D eigenvalue weighted by atomic mass is 10.3. The number of H-pyrrole nitrogens is 1. The minimum Gasteiger partial charge on any atom is -0.463 e. The number of nitrogens with zero attached hydrogens (tertiary/aromatic N) is 1. The molecule has 5 nitrogen and oxygen atoms in total. The number of hydrogen-bond donors (Lipinski definition) is 2. The van der Waals surface area contributed by atoms with Crippen molar-refractivity contribution in [3.05, 3.63) is 30.2 Å². The van der Waals surface area contributed by atoms with Crippen molar-refractivity contribution in [2.45, 2.75) is 13.3 Å². The van der Waals surface area contributed by atoms with Gasteiger partial charge in [0.1, 0.15) is 5.69 Å². The lowest BCUT2D eigenvalue weighted by molar-refractivity contribution is 0.0948. The maximum absolute atomic E-state index is 11.6. The van der Waals surface area contributed by atoms with Crippen LogP contribution in [0, 0.1) is 0 Å². The summed E-state index contributed by atoms with van der Waals surface area (Å²) in [5, 5.41) is 9.44. The van der Waals surface area contributed by atoms with Gasteiger partial charge >= 0.3 is 0 Å². The second-order valence-electron chi connectivity index (χ2n) is 3.40. The molecule has 0 unspecified atom stereocenters. The van der Waals surface area contributed by atoms with Gasteiger partial charge in [0, 0.05) is 12.6 Å². The van der Waals surface area contributed by atoms with Crippen molar-refractivity contribution in [2.75, 3.05) is 6.54 Å². The molecular weight excluding hydrogens is 206 g/mol. The Balaban J connectivity index is 2.11. The second-order valence-corrected chi connectivity index (χ2v) is 3.40. The first-order chi connectivity index (χ1) is 7.81. The Morgan fingerprint density at radius 1 is 1.62 bits per heavy atom. The average molecular weight is 219 g/mol. The van der Waals surface area contributed by atoms with Crippen LogP contribution >= 0.6 is 0 Å². The quantitative estimate of drug-likeness (QED) is 0.823. The second kappa shape index (κ2) is 4.65. The monoisotopic (exact) mass is 219 g/mol. The van der Waals surface area contributed by atoms with Gasteiger partial charge in [-0.1, -0.05) is 6.92 Å². The van der Waals surface area contributed by atoms with Gasteiger partial charge in [-0.05, 0) is 18.6 Å². The minimum absolute atomic E-state index is 0.170. The topological polar surface area (TPSA) is 70.9 Å². The molecule has 0 aromatic carbocycles. The van der Waals surface area contributed by atoms with Crippen LogP contribution in [0.1, 0.15) is 23.8 Å². The highest BCUT2D eigenvalue weighted by atomic mass is 16.3. The van der Waals surface area contributed by atoms with E-state index in [2.05, 4.69) is 15.5 Å². The maximum Gasteiger partial charge on any atom is 0.271 e. The molecule has 0 radical (unpaired) electrons. The summed E-state index contributed by atoms with van der Waals surface area (Å²) in [5.41, 5.74) is 1.08. The summed E-state index contributed by atoms with van der Waals surface area (Å²) in [6.07, 6.45) is 2.48. The average Bonchev–Trinajstić information content (AvgIpc) is 2.94. The van der Waals surface area contributed by atoms with E-state index in [4.69, 9.17) is 4.42 Å². The van der Waals surface area contributed by atoms with Crippen LogP contribution in [0.4, 0.5) is 0 Å². The van der Waals surface area contributed by atoms with Crippen LogP contribution in [0.5, 0.6) is 0 Å². The van der Waals surface area contributed by atoms with Crippen LogP contribution in [0.3, 0.4) is 0 Å². The van der Waals surface area contributed by atoms with E-state index in [-0.39, 0.29) is 5.91 Å². The Morgan fingerprint density at radius 2 is 2.50 bits per heavy atom. The molecule has 0 aliphatic carbocycles. The van der Waals surface area contributed by atoms with Crippen molar-refractivity contribution in [3.63, 3.8) is 0 Å². The fraction of sp³-hybridized carbons (Fsp3) is 0.273. The standard InChI is InChI=1S/C11H13N3O2/c1-2-5-12-11(15)9-7-8(13-14-9)10-4-3-6-16-10/h3-4,6-7H,2,5H2,1H3,(H,12,15)(H,13,14). The number of nitrogens with one attached hydrogen (secondary N) is 2. The SMILES string of the molecule is CCCNC(=O)c1cc(-c2ccco2)[nH]n1. The summed E-state index contributed by atoms with van der Waals surface area (Å²) < 4.78 is 5.19. The van der Waals surface area contributed by atoms with Crippen LogP contribution in [0.2, 0.25) is 0 Å². The van der Waals surface area contributed by atoms with Crippen LogP contribution in [-0.2, 0) is 0 Å². The van der Waals surface area contributed by atoms with Gasteiger partial charge in [-0.25, -0.2) is 0 Å². The molecule has 5 heteroatoms. The van der Waals surface area contributed by atoms with Crippen LogP contribution < -0.4 is 5.32 Å². The third kappa shape index (κ3) is 2.13. The van der Waals surface area contributed by atoms with Crippen LogP contribution in [0.25, 0.3) is 11.5 Å². The summed E-state index contributed by atoms with van der Waals surface area (Å²) in [4.78, 5) is 11.6. The third-order valence-electron chi connectivity index (χ3n) is 2.13. The van der Waals surface area contributed by atoms with Crippen LogP contribution in [0.15, 0.2) is 28.9 Å². The van der Waals surface area contributed by atoms with Gasteiger partial charge < -0.3 is 9.73 Å². The predicted octanol–water partition coefficient (Wildman–Crippen LogP) is 1.81. The largest absolute Gasteiger partial charge is 0.463 e. The van der Waals surface area contributed by atoms with E-state index in [1.54, 1.807) is 24.5 Å². The number of carbonyl (C=O) groups excluding carboxylic acids is 1. The van der Waals surface area contributed by atoms with Crippen molar-refractivity contribution in [2.24, 2.45) is 0 Å². The van der Waals surface area contributed by atoms with Crippen molar-refractivity contribution < 1.29 is 9.21 Å². The fourth-order valence-corrected chi connectivity index (χ4v) is 1.33. The molecule has 0 fully saturated rings. The predicted molar refractivity (Wildman–Crippen MR) is 58.9 cm³/mol. The lowest BCUT2D eigenvalue weighted by Crippen LogP contribution is -2.24. The number of aromatic nitrogens is 2. The first-order valence-electron chi connectivity index (χ1n) is 5.18. The first kappa shape index (κ1) is 10.5. The molecule has 0 saturated heterocycles. The van der Waals surface area contributed by atoms with Gasteiger partial charge in [0.2, 0.25) is 0 Å². The zero-order valence-electron chi connectivity index (χ0n) is 8.99. The Labute approximate surface area is 92.9 Å². The number of carbonyl (C=O) groups is 1. The molecule has 84 valence electrons.